The van der Waals surface area contributed by atoms with Gasteiger partial charge >= 0.3 is 0 Å². The minimum atomic E-state index is -0.802. The predicted octanol–water partition coefficient (Wildman–Crippen LogP) is 3.42. The van der Waals surface area contributed by atoms with E-state index in [2.05, 4.69) is 12.2 Å². The van der Waals surface area contributed by atoms with Crippen LogP contribution in [-0.2, 0) is 11.3 Å². The molecule has 1 aromatic carbocycles. The second-order valence-corrected chi connectivity index (χ2v) is 5.70. The number of nitrogens with two attached hydrogens (primary N) is 1. The molecular weight excluding hydrogens is 300 g/mol. The highest BCUT2D eigenvalue weighted by molar-refractivity contribution is 5.85. The van der Waals surface area contributed by atoms with Gasteiger partial charge in [-0.25, -0.2) is 0 Å². The summed E-state index contributed by atoms with van der Waals surface area (Å²) in [6.07, 6.45) is 3.73. The van der Waals surface area contributed by atoms with Crippen LogP contribution in [0.2, 0.25) is 0 Å². The van der Waals surface area contributed by atoms with Crippen LogP contribution in [0.25, 0.3) is 0 Å². The van der Waals surface area contributed by atoms with E-state index in [0.29, 0.717) is 13.0 Å². The van der Waals surface area contributed by atoms with Gasteiger partial charge in [0.15, 0.2) is 0 Å². The molecule has 3 N–H and O–H groups in total. The Morgan fingerprint density at radius 1 is 1.32 bits per heavy atom. The van der Waals surface area contributed by atoms with Gasteiger partial charge in [-0.15, -0.1) is 12.4 Å². The maximum Gasteiger partial charge on any atom is 0.240 e. The minimum Gasteiger partial charge on any atom is -0.494 e. The van der Waals surface area contributed by atoms with Gasteiger partial charge in [0.25, 0.3) is 0 Å². The van der Waals surface area contributed by atoms with Crippen LogP contribution in [0.5, 0.6) is 5.75 Å². The Morgan fingerprint density at radius 2 is 2.05 bits per heavy atom. The van der Waals surface area contributed by atoms with E-state index in [4.69, 9.17) is 10.5 Å². The number of hydrogen-bond acceptors (Lipinski definition) is 3. The third-order valence-electron chi connectivity index (χ3n) is 3.41. The fraction of sp³-hybridized carbons (Fsp3) is 0.588. The lowest BCUT2D eigenvalue weighted by molar-refractivity contribution is -0.126. The summed E-state index contributed by atoms with van der Waals surface area (Å²) in [5.74, 6) is 0.737. The molecule has 0 saturated heterocycles. The summed E-state index contributed by atoms with van der Waals surface area (Å²) in [4.78, 5) is 12.1. The van der Waals surface area contributed by atoms with E-state index in [1.54, 1.807) is 6.92 Å². The lowest BCUT2D eigenvalue weighted by Crippen LogP contribution is -2.51. The molecule has 0 aromatic heterocycles. The van der Waals surface area contributed by atoms with Crippen LogP contribution < -0.4 is 15.8 Å². The van der Waals surface area contributed by atoms with Crippen LogP contribution in [0.3, 0.4) is 0 Å². The molecule has 0 spiro atoms. The highest BCUT2D eigenvalue weighted by Gasteiger charge is 2.26. The summed E-state index contributed by atoms with van der Waals surface area (Å²) in [5.41, 5.74) is 6.23. The molecule has 1 unspecified atom stereocenters. The second-order valence-electron chi connectivity index (χ2n) is 5.70. The van der Waals surface area contributed by atoms with Gasteiger partial charge in [-0.1, -0.05) is 38.8 Å². The molecule has 4 nitrogen and oxygen atoms in total. The van der Waals surface area contributed by atoms with Crippen LogP contribution >= 0.6 is 12.4 Å². The number of halogens is 1. The molecule has 0 heterocycles. The summed E-state index contributed by atoms with van der Waals surface area (Å²) in [5, 5.41) is 2.90. The molecule has 126 valence electrons. The van der Waals surface area contributed by atoms with Crippen LogP contribution in [0.4, 0.5) is 0 Å². The molecule has 0 bridgehead atoms. The van der Waals surface area contributed by atoms with Crippen molar-refractivity contribution in [1.82, 2.24) is 5.32 Å². The molecule has 1 atom stereocenters. The Morgan fingerprint density at radius 3 is 2.68 bits per heavy atom. The van der Waals surface area contributed by atoms with Crippen molar-refractivity contribution in [3.63, 3.8) is 0 Å². The standard InChI is InChI=1S/C17H28N2O2.ClH/c1-4-6-11-21-15-9-7-8-14(12-15)13-19-16(20)17(3,18)10-5-2;/h7-9,12H,4-6,10-11,13,18H2,1-3H3,(H,19,20);1H. The predicted molar refractivity (Wildman–Crippen MR) is 93.4 cm³/mol. The smallest absolute Gasteiger partial charge is 0.240 e. The van der Waals surface area contributed by atoms with E-state index in [1.807, 2.05) is 31.2 Å². The fourth-order valence-corrected chi connectivity index (χ4v) is 2.10. The van der Waals surface area contributed by atoms with Crippen molar-refractivity contribution < 1.29 is 9.53 Å². The largest absolute Gasteiger partial charge is 0.494 e. The number of nitrogens with one attached hydrogen (secondary N) is 1. The van der Waals surface area contributed by atoms with Gasteiger partial charge in [-0.3, -0.25) is 4.79 Å². The van der Waals surface area contributed by atoms with E-state index in [1.165, 1.54) is 0 Å². The summed E-state index contributed by atoms with van der Waals surface area (Å²) >= 11 is 0. The quantitative estimate of drug-likeness (QED) is 0.683. The zero-order chi connectivity index (χ0) is 15.7. The van der Waals surface area contributed by atoms with Crippen LogP contribution in [0.15, 0.2) is 24.3 Å². The van der Waals surface area contributed by atoms with E-state index in [0.717, 1.165) is 37.2 Å². The Kier molecular flexibility index (Phi) is 9.86. The SMILES string of the molecule is CCCCOc1cccc(CNC(=O)C(C)(N)CCC)c1.Cl. The minimum absolute atomic E-state index is 0. The zero-order valence-electron chi connectivity index (χ0n) is 13.9. The maximum atomic E-state index is 12.1. The molecule has 0 saturated carbocycles. The number of ether oxygens (including phenoxy) is 1. The first-order valence-electron chi connectivity index (χ1n) is 7.78. The lowest BCUT2D eigenvalue weighted by Gasteiger charge is -2.22. The number of amides is 1. The molecule has 22 heavy (non-hydrogen) atoms. The average Bonchev–Trinajstić information content (AvgIpc) is 2.45. The molecule has 0 aliphatic carbocycles. The third-order valence-corrected chi connectivity index (χ3v) is 3.41. The van der Waals surface area contributed by atoms with Crippen molar-refractivity contribution in [3.8, 4) is 5.75 Å². The highest BCUT2D eigenvalue weighted by atomic mass is 35.5. The molecular formula is C17H29ClN2O2. The Bertz CT molecular complexity index is 450. The number of carbonyl (C=O) groups excluding carboxylic acids is 1. The number of unbranched alkanes of at least 4 members (excludes halogenated alkanes) is 1. The third kappa shape index (κ3) is 7.14. The second kappa shape index (κ2) is 10.5. The van der Waals surface area contributed by atoms with Crippen molar-refractivity contribution in [1.29, 1.82) is 0 Å². The summed E-state index contributed by atoms with van der Waals surface area (Å²) in [7, 11) is 0. The molecule has 1 rings (SSSR count). The topological polar surface area (TPSA) is 64.3 Å². The number of hydrogen-bond donors (Lipinski definition) is 2. The number of benzene rings is 1. The normalized spacial score (nSPS) is 12.9. The van der Waals surface area contributed by atoms with Crippen molar-refractivity contribution in [2.45, 2.75) is 58.5 Å². The van der Waals surface area contributed by atoms with Crippen molar-refractivity contribution in [2.75, 3.05) is 6.61 Å². The summed E-state index contributed by atoms with van der Waals surface area (Å²) < 4.78 is 5.66. The van der Waals surface area contributed by atoms with Gasteiger partial charge in [0.1, 0.15) is 5.75 Å². The van der Waals surface area contributed by atoms with Crippen molar-refractivity contribution >= 4 is 18.3 Å². The number of carbonyl (C=O) groups is 1. The van der Waals surface area contributed by atoms with Crippen LogP contribution in [-0.4, -0.2) is 18.1 Å². The highest BCUT2D eigenvalue weighted by Crippen LogP contribution is 2.14. The van der Waals surface area contributed by atoms with Gasteiger partial charge < -0.3 is 15.8 Å². The molecule has 0 radical (unpaired) electrons. The molecule has 1 aromatic rings. The molecule has 0 aliphatic heterocycles. The van der Waals surface area contributed by atoms with E-state index >= 15 is 0 Å². The first-order chi connectivity index (χ1) is 9.99. The molecule has 1 amide bonds. The lowest BCUT2D eigenvalue weighted by atomic mass is 9.96. The van der Waals surface area contributed by atoms with Gasteiger partial charge in [0, 0.05) is 6.54 Å². The van der Waals surface area contributed by atoms with E-state index in [9.17, 15) is 4.79 Å². The average molecular weight is 329 g/mol. The van der Waals surface area contributed by atoms with Crippen molar-refractivity contribution in [3.05, 3.63) is 29.8 Å². The molecule has 0 fully saturated rings. The van der Waals surface area contributed by atoms with Gasteiger partial charge in [0.05, 0.1) is 12.1 Å². The van der Waals surface area contributed by atoms with Crippen LogP contribution in [0.1, 0.15) is 52.0 Å². The Hall–Kier alpha value is -1.26. The summed E-state index contributed by atoms with van der Waals surface area (Å²) in [6.45, 7) is 7.13. The summed E-state index contributed by atoms with van der Waals surface area (Å²) in [6, 6.07) is 7.81. The first kappa shape index (κ1) is 20.7. The van der Waals surface area contributed by atoms with E-state index in [-0.39, 0.29) is 18.3 Å². The maximum absolute atomic E-state index is 12.1. The zero-order valence-corrected chi connectivity index (χ0v) is 14.7. The Balaban J connectivity index is 0.00000441. The van der Waals surface area contributed by atoms with E-state index < -0.39 is 5.54 Å². The fourth-order valence-electron chi connectivity index (χ4n) is 2.10. The number of rotatable bonds is 9. The van der Waals surface area contributed by atoms with Crippen LogP contribution in [0, 0.1) is 0 Å². The monoisotopic (exact) mass is 328 g/mol. The molecule has 0 aliphatic rings. The van der Waals surface area contributed by atoms with Gasteiger partial charge in [0.2, 0.25) is 5.91 Å². The Labute approximate surface area is 140 Å². The van der Waals surface area contributed by atoms with Crippen molar-refractivity contribution in [2.24, 2.45) is 5.73 Å². The molecule has 5 heteroatoms. The van der Waals surface area contributed by atoms with Gasteiger partial charge in [-0.2, -0.15) is 0 Å². The van der Waals surface area contributed by atoms with Gasteiger partial charge in [-0.05, 0) is 37.5 Å². The first-order valence-corrected chi connectivity index (χ1v) is 7.78.